The molecule has 1 spiro atoms. The summed E-state index contributed by atoms with van der Waals surface area (Å²) in [7, 11) is 0. The molecule has 0 aromatic rings. The molecular formula is C18H32O5. The number of ketones is 1. The van der Waals surface area contributed by atoms with E-state index in [2.05, 4.69) is 0 Å². The van der Waals surface area contributed by atoms with Crippen molar-refractivity contribution in [3.8, 4) is 0 Å². The van der Waals surface area contributed by atoms with E-state index in [-0.39, 0.29) is 5.79 Å². The molecule has 0 radical (unpaired) electrons. The van der Waals surface area contributed by atoms with E-state index in [9.17, 15) is 4.79 Å². The van der Waals surface area contributed by atoms with Gasteiger partial charge in [-0.15, -0.1) is 0 Å². The Hall–Kier alpha value is -0.490. The van der Waals surface area contributed by atoms with Crippen LogP contribution in [-0.4, -0.2) is 51.2 Å². The topological polar surface area (TPSA) is 54.0 Å². The smallest absolute Gasteiger partial charge is 0.168 e. The molecule has 0 bridgehead atoms. The highest BCUT2D eigenvalue weighted by Crippen LogP contribution is 2.40. The van der Waals surface area contributed by atoms with E-state index < -0.39 is 0 Å². The van der Waals surface area contributed by atoms with E-state index in [1.165, 1.54) is 6.42 Å². The fraction of sp³-hybridized carbons (Fsp3) is 0.944. The minimum atomic E-state index is -0.220. The van der Waals surface area contributed by atoms with Crippen molar-refractivity contribution < 1.29 is 23.7 Å². The molecule has 1 saturated heterocycles. The number of rotatable bonds is 6. The maximum Gasteiger partial charge on any atom is 0.168 e. The van der Waals surface area contributed by atoms with Crippen molar-refractivity contribution in [1.82, 2.24) is 0 Å². The summed E-state index contributed by atoms with van der Waals surface area (Å²) < 4.78 is 21.9. The minimum absolute atomic E-state index is 0.220. The van der Waals surface area contributed by atoms with Crippen LogP contribution in [0.4, 0.5) is 0 Å². The summed E-state index contributed by atoms with van der Waals surface area (Å²) in [5, 5.41) is 0. The zero-order valence-corrected chi connectivity index (χ0v) is 14.7. The molecular weight excluding hydrogens is 296 g/mol. The highest BCUT2D eigenvalue weighted by atomic mass is 16.7. The van der Waals surface area contributed by atoms with Gasteiger partial charge < -0.3 is 18.9 Å². The SMILES string of the molecule is CCOCC1CCC(=O)C1.CCOCC1CCC2(C1)OCCO2. The average Bonchev–Trinajstić information content (AvgIpc) is 3.28. The van der Waals surface area contributed by atoms with Crippen molar-refractivity contribution in [3.63, 3.8) is 0 Å². The van der Waals surface area contributed by atoms with Crippen molar-refractivity contribution >= 4 is 5.78 Å². The van der Waals surface area contributed by atoms with Gasteiger partial charge in [-0.1, -0.05) is 0 Å². The van der Waals surface area contributed by atoms with Gasteiger partial charge in [-0.05, 0) is 38.5 Å². The summed E-state index contributed by atoms with van der Waals surface area (Å²) in [5.41, 5.74) is 0. The molecule has 23 heavy (non-hydrogen) atoms. The predicted octanol–water partition coefficient (Wildman–Crippen LogP) is 2.96. The van der Waals surface area contributed by atoms with Gasteiger partial charge in [0.25, 0.3) is 0 Å². The Kier molecular flexibility index (Phi) is 7.96. The Morgan fingerprint density at radius 2 is 1.70 bits per heavy atom. The lowest BCUT2D eigenvalue weighted by atomic mass is 10.1. The fourth-order valence-electron chi connectivity index (χ4n) is 3.57. The average molecular weight is 328 g/mol. The van der Waals surface area contributed by atoms with Crippen molar-refractivity contribution in [2.45, 2.75) is 58.2 Å². The van der Waals surface area contributed by atoms with Gasteiger partial charge in [-0.25, -0.2) is 0 Å². The molecule has 0 N–H and O–H groups in total. The number of carbonyl (C=O) groups excluding carboxylic acids is 1. The van der Waals surface area contributed by atoms with Crippen molar-refractivity contribution in [2.75, 3.05) is 39.6 Å². The Morgan fingerprint density at radius 1 is 1.04 bits per heavy atom. The van der Waals surface area contributed by atoms with E-state index in [0.717, 1.165) is 71.7 Å². The molecule has 0 aromatic carbocycles. The Morgan fingerprint density at radius 3 is 2.26 bits per heavy atom. The first-order valence-corrected chi connectivity index (χ1v) is 9.12. The maximum atomic E-state index is 10.8. The second-order valence-electron chi connectivity index (χ2n) is 6.68. The zero-order chi connectivity index (χ0) is 16.5. The summed E-state index contributed by atoms with van der Waals surface area (Å²) in [6.07, 6.45) is 5.81. The van der Waals surface area contributed by atoms with Crippen LogP contribution in [0.2, 0.25) is 0 Å². The second kappa shape index (κ2) is 9.72. The second-order valence-corrected chi connectivity index (χ2v) is 6.68. The molecule has 5 nitrogen and oxygen atoms in total. The molecule has 2 atom stereocenters. The van der Waals surface area contributed by atoms with Crippen molar-refractivity contribution in [2.24, 2.45) is 11.8 Å². The predicted molar refractivity (Wildman–Crippen MR) is 87.3 cm³/mol. The van der Waals surface area contributed by atoms with Crippen LogP contribution in [-0.2, 0) is 23.7 Å². The lowest BCUT2D eigenvalue weighted by Crippen LogP contribution is -2.26. The molecule has 3 aliphatic rings. The first kappa shape index (κ1) is 18.8. The van der Waals surface area contributed by atoms with E-state index in [1.54, 1.807) is 0 Å². The van der Waals surface area contributed by atoms with Gasteiger partial charge in [0.05, 0.1) is 13.2 Å². The van der Waals surface area contributed by atoms with Gasteiger partial charge in [0, 0.05) is 52.1 Å². The van der Waals surface area contributed by atoms with E-state index in [1.807, 2.05) is 13.8 Å². The van der Waals surface area contributed by atoms with Crippen LogP contribution in [0.3, 0.4) is 0 Å². The molecule has 5 heteroatoms. The lowest BCUT2D eigenvalue weighted by Gasteiger charge is -2.21. The Labute approximate surface area is 140 Å². The highest BCUT2D eigenvalue weighted by Gasteiger charge is 2.43. The van der Waals surface area contributed by atoms with Crippen LogP contribution in [0.1, 0.15) is 52.4 Å². The summed E-state index contributed by atoms with van der Waals surface area (Å²) in [4.78, 5) is 10.8. The lowest BCUT2D eigenvalue weighted by molar-refractivity contribution is -0.153. The molecule has 2 unspecified atom stereocenters. The third-order valence-electron chi connectivity index (χ3n) is 4.81. The van der Waals surface area contributed by atoms with Crippen LogP contribution in [0, 0.1) is 11.8 Å². The first-order chi connectivity index (χ1) is 11.2. The number of hydrogen-bond acceptors (Lipinski definition) is 5. The molecule has 134 valence electrons. The third kappa shape index (κ3) is 6.14. The van der Waals surface area contributed by atoms with Gasteiger partial charge in [-0.2, -0.15) is 0 Å². The third-order valence-corrected chi connectivity index (χ3v) is 4.81. The quantitative estimate of drug-likeness (QED) is 0.750. The fourth-order valence-corrected chi connectivity index (χ4v) is 3.57. The van der Waals surface area contributed by atoms with Crippen molar-refractivity contribution in [3.05, 3.63) is 0 Å². The molecule has 0 amide bonds. The van der Waals surface area contributed by atoms with Gasteiger partial charge in [0.15, 0.2) is 5.79 Å². The zero-order valence-electron chi connectivity index (χ0n) is 14.7. The monoisotopic (exact) mass is 328 g/mol. The molecule has 0 aromatic heterocycles. The number of Topliss-reactive ketones (excluding diaryl/α,β-unsaturated/α-hetero) is 1. The van der Waals surface area contributed by atoms with Crippen molar-refractivity contribution in [1.29, 1.82) is 0 Å². The number of hydrogen-bond donors (Lipinski definition) is 0. The van der Waals surface area contributed by atoms with E-state index in [0.29, 0.717) is 17.6 Å². The number of ether oxygens (including phenoxy) is 4. The van der Waals surface area contributed by atoms with Gasteiger partial charge in [0.2, 0.25) is 0 Å². The van der Waals surface area contributed by atoms with Crippen LogP contribution in [0.25, 0.3) is 0 Å². The molecule has 3 fully saturated rings. The van der Waals surface area contributed by atoms with Gasteiger partial charge >= 0.3 is 0 Å². The molecule has 1 heterocycles. The molecule has 2 aliphatic carbocycles. The van der Waals surface area contributed by atoms with Gasteiger partial charge in [0.1, 0.15) is 5.78 Å². The summed E-state index contributed by atoms with van der Waals surface area (Å²) in [6.45, 7) is 8.77. The normalized spacial score (nSPS) is 29.0. The Bertz CT molecular complexity index is 351. The van der Waals surface area contributed by atoms with Crippen LogP contribution in [0.15, 0.2) is 0 Å². The molecule has 1 aliphatic heterocycles. The summed E-state index contributed by atoms with van der Waals surface area (Å²) in [5.74, 6) is 1.34. The van der Waals surface area contributed by atoms with Gasteiger partial charge in [-0.3, -0.25) is 4.79 Å². The van der Waals surface area contributed by atoms with E-state index >= 15 is 0 Å². The molecule has 3 rings (SSSR count). The maximum absolute atomic E-state index is 10.8. The summed E-state index contributed by atoms with van der Waals surface area (Å²) in [6, 6.07) is 0. The van der Waals surface area contributed by atoms with Crippen LogP contribution < -0.4 is 0 Å². The van der Waals surface area contributed by atoms with Crippen LogP contribution in [0.5, 0.6) is 0 Å². The minimum Gasteiger partial charge on any atom is -0.381 e. The Balaban J connectivity index is 0.000000174. The largest absolute Gasteiger partial charge is 0.381 e. The highest BCUT2D eigenvalue weighted by molar-refractivity contribution is 5.80. The standard InChI is InChI=1S/C10H18O3.C8H14O2/c1-2-11-8-9-3-4-10(7-9)12-5-6-13-10;1-2-10-6-7-3-4-8(9)5-7/h9H,2-8H2,1H3;7H,2-6H2,1H3. The van der Waals surface area contributed by atoms with Crippen LogP contribution >= 0.6 is 0 Å². The summed E-state index contributed by atoms with van der Waals surface area (Å²) >= 11 is 0. The number of carbonyl (C=O) groups is 1. The molecule has 2 saturated carbocycles. The first-order valence-electron chi connectivity index (χ1n) is 9.12. The van der Waals surface area contributed by atoms with E-state index in [4.69, 9.17) is 18.9 Å².